The van der Waals surface area contributed by atoms with Crippen molar-refractivity contribution in [3.05, 3.63) is 24.3 Å². The van der Waals surface area contributed by atoms with E-state index in [1.165, 1.54) is 0 Å². The second-order valence-corrected chi connectivity index (χ2v) is 1.96. The largest absolute Gasteiger partial charge is 0.573 e. The first-order chi connectivity index (χ1) is 5.47. The van der Waals surface area contributed by atoms with Gasteiger partial charge < -0.3 is 9.84 Å². The van der Waals surface area contributed by atoms with Gasteiger partial charge in [0.1, 0.15) is 11.5 Å². The van der Waals surface area contributed by atoms with E-state index in [4.69, 9.17) is 5.11 Å². The second kappa shape index (κ2) is 2.92. The summed E-state index contributed by atoms with van der Waals surface area (Å²) in [5.74, 6) is -0.634. The lowest BCUT2D eigenvalue weighted by atomic mass is 10.3. The number of phenolic OH excluding ortho intramolecular Hbond substituents is 1. The third-order valence-electron chi connectivity index (χ3n) is 0.993. The maximum absolute atomic E-state index is 11.5. The van der Waals surface area contributed by atoms with E-state index in [0.717, 1.165) is 18.2 Å². The van der Waals surface area contributed by atoms with Crippen molar-refractivity contribution in [2.75, 3.05) is 0 Å². The average molecular weight is 177 g/mol. The fraction of sp³-hybridized carbons (Fsp3) is 0.143. The molecule has 0 aliphatic carbocycles. The van der Waals surface area contributed by atoms with Gasteiger partial charge >= 0.3 is 6.36 Å². The van der Waals surface area contributed by atoms with Crippen molar-refractivity contribution < 1.29 is 23.0 Å². The Hall–Kier alpha value is -1.39. The van der Waals surface area contributed by atoms with Crippen molar-refractivity contribution in [1.29, 1.82) is 0 Å². The molecule has 5 heteroatoms. The zero-order chi connectivity index (χ0) is 9.19. The number of rotatable bonds is 1. The van der Waals surface area contributed by atoms with Gasteiger partial charge in [0.2, 0.25) is 0 Å². The van der Waals surface area contributed by atoms with E-state index in [9.17, 15) is 13.2 Å². The van der Waals surface area contributed by atoms with E-state index in [0.29, 0.717) is 0 Å². The van der Waals surface area contributed by atoms with E-state index in [2.05, 4.69) is 10.8 Å². The second-order valence-electron chi connectivity index (χ2n) is 1.96. The lowest BCUT2D eigenvalue weighted by Crippen LogP contribution is -2.16. The Morgan fingerprint density at radius 1 is 1.33 bits per heavy atom. The van der Waals surface area contributed by atoms with Gasteiger partial charge in [0, 0.05) is 6.07 Å². The highest BCUT2D eigenvalue weighted by molar-refractivity contribution is 5.28. The van der Waals surface area contributed by atoms with Crippen LogP contribution in [0.2, 0.25) is 0 Å². The van der Waals surface area contributed by atoms with Crippen LogP contribution in [0.1, 0.15) is 0 Å². The molecular weight excluding hydrogens is 173 g/mol. The summed E-state index contributed by atoms with van der Waals surface area (Å²) in [6, 6.07) is 5.14. The van der Waals surface area contributed by atoms with Gasteiger partial charge in [-0.25, -0.2) is 0 Å². The molecule has 0 amide bonds. The molecule has 1 rings (SSSR count). The van der Waals surface area contributed by atoms with Gasteiger partial charge in [-0.15, -0.1) is 13.2 Å². The Balaban J connectivity index is 2.71. The lowest BCUT2D eigenvalue weighted by molar-refractivity contribution is -0.274. The minimum atomic E-state index is -4.71. The number of alkyl halides is 3. The molecule has 1 radical (unpaired) electrons. The van der Waals surface area contributed by atoms with Crippen molar-refractivity contribution in [3.8, 4) is 11.5 Å². The van der Waals surface area contributed by atoms with Gasteiger partial charge in [-0.3, -0.25) is 0 Å². The van der Waals surface area contributed by atoms with Crippen LogP contribution in [0, 0.1) is 6.07 Å². The van der Waals surface area contributed by atoms with Crippen molar-refractivity contribution in [3.63, 3.8) is 0 Å². The number of aromatic hydroxyl groups is 1. The lowest BCUT2D eigenvalue weighted by Gasteiger charge is -2.07. The molecule has 0 heterocycles. The molecule has 0 aliphatic heterocycles. The first-order valence-corrected chi connectivity index (χ1v) is 2.94. The van der Waals surface area contributed by atoms with E-state index in [-0.39, 0.29) is 5.75 Å². The summed E-state index contributed by atoms with van der Waals surface area (Å²) in [6.45, 7) is 0. The zero-order valence-corrected chi connectivity index (χ0v) is 5.72. The quantitative estimate of drug-likeness (QED) is 0.711. The number of ether oxygens (including phenoxy) is 1. The first kappa shape index (κ1) is 8.70. The summed E-state index contributed by atoms with van der Waals surface area (Å²) in [6.07, 6.45) is -4.71. The highest BCUT2D eigenvalue weighted by Crippen LogP contribution is 2.23. The van der Waals surface area contributed by atoms with Crippen LogP contribution in [0.25, 0.3) is 0 Å². The van der Waals surface area contributed by atoms with E-state index in [1.807, 2.05) is 0 Å². The Morgan fingerprint density at radius 2 is 2.00 bits per heavy atom. The Bertz CT molecular complexity index is 252. The molecule has 0 saturated carbocycles. The molecule has 0 saturated heterocycles. The maximum atomic E-state index is 11.5. The summed E-state index contributed by atoms with van der Waals surface area (Å²) < 4.78 is 38.1. The summed E-state index contributed by atoms with van der Waals surface area (Å²) in [4.78, 5) is 0. The SMILES string of the molecule is Oc1c[c]c(OC(F)(F)F)cc1. The topological polar surface area (TPSA) is 29.5 Å². The predicted octanol–water partition coefficient (Wildman–Crippen LogP) is 2.09. The molecular formula is C7H4F3O2. The van der Waals surface area contributed by atoms with Crippen LogP contribution in [-0.2, 0) is 0 Å². The minimum Gasteiger partial charge on any atom is -0.508 e. The molecule has 0 aliphatic rings. The smallest absolute Gasteiger partial charge is 0.508 e. The van der Waals surface area contributed by atoms with Crippen LogP contribution < -0.4 is 4.74 Å². The number of hydrogen-bond donors (Lipinski definition) is 1. The Labute approximate surface area is 66.2 Å². The molecule has 12 heavy (non-hydrogen) atoms. The van der Waals surface area contributed by atoms with Gasteiger partial charge in [-0.1, -0.05) is 0 Å². The highest BCUT2D eigenvalue weighted by Gasteiger charge is 2.30. The number of benzene rings is 1. The van der Waals surface area contributed by atoms with Crippen molar-refractivity contribution in [2.45, 2.75) is 6.36 Å². The third kappa shape index (κ3) is 2.69. The van der Waals surface area contributed by atoms with Crippen LogP contribution >= 0.6 is 0 Å². The fourth-order valence-electron chi connectivity index (χ4n) is 0.591. The zero-order valence-electron chi connectivity index (χ0n) is 5.72. The Morgan fingerprint density at radius 3 is 2.42 bits per heavy atom. The molecule has 0 fully saturated rings. The van der Waals surface area contributed by atoms with Gasteiger partial charge in [0.25, 0.3) is 0 Å². The molecule has 0 spiro atoms. The van der Waals surface area contributed by atoms with Gasteiger partial charge in [0.15, 0.2) is 0 Å². The summed E-state index contributed by atoms with van der Waals surface area (Å²) in [5.41, 5.74) is 0. The molecule has 0 bridgehead atoms. The van der Waals surface area contributed by atoms with Crippen LogP contribution in [-0.4, -0.2) is 11.5 Å². The molecule has 65 valence electrons. The van der Waals surface area contributed by atoms with Crippen molar-refractivity contribution in [2.24, 2.45) is 0 Å². The predicted molar refractivity (Wildman–Crippen MR) is 33.6 cm³/mol. The minimum absolute atomic E-state index is 0.162. The van der Waals surface area contributed by atoms with Crippen molar-refractivity contribution in [1.82, 2.24) is 0 Å². The third-order valence-corrected chi connectivity index (χ3v) is 0.993. The first-order valence-electron chi connectivity index (χ1n) is 2.94. The molecule has 1 aromatic carbocycles. The molecule has 0 atom stereocenters. The van der Waals surface area contributed by atoms with Gasteiger partial charge in [-0.05, 0) is 18.2 Å². The summed E-state index contributed by atoms with van der Waals surface area (Å²) >= 11 is 0. The molecule has 1 N–H and O–H groups in total. The Kier molecular flexibility index (Phi) is 2.12. The van der Waals surface area contributed by atoms with E-state index in [1.54, 1.807) is 0 Å². The molecule has 2 nitrogen and oxygen atoms in total. The summed E-state index contributed by atoms with van der Waals surface area (Å²) in [7, 11) is 0. The van der Waals surface area contributed by atoms with E-state index < -0.39 is 12.1 Å². The average Bonchev–Trinajstić information content (AvgIpc) is 1.91. The standard InChI is InChI=1S/C7H4F3O2/c8-7(9,10)12-6-3-1-5(11)2-4-6/h1-3,11H. The van der Waals surface area contributed by atoms with E-state index >= 15 is 0 Å². The van der Waals surface area contributed by atoms with Gasteiger partial charge in [-0.2, -0.15) is 0 Å². The fourth-order valence-corrected chi connectivity index (χ4v) is 0.591. The van der Waals surface area contributed by atoms with Crippen LogP contribution in [0.5, 0.6) is 11.5 Å². The summed E-state index contributed by atoms with van der Waals surface area (Å²) in [5, 5.41) is 8.69. The van der Waals surface area contributed by atoms with Gasteiger partial charge in [0.05, 0.1) is 0 Å². The van der Waals surface area contributed by atoms with Crippen LogP contribution in [0.4, 0.5) is 13.2 Å². The number of hydrogen-bond acceptors (Lipinski definition) is 2. The number of halogens is 3. The maximum Gasteiger partial charge on any atom is 0.573 e. The normalized spacial score (nSPS) is 11.2. The van der Waals surface area contributed by atoms with Crippen molar-refractivity contribution >= 4 is 0 Å². The highest BCUT2D eigenvalue weighted by atomic mass is 19.4. The monoisotopic (exact) mass is 177 g/mol. The van der Waals surface area contributed by atoms with Crippen LogP contribution in [0.15, 0.2) is 18.2 Å². The molecule has 0 aromatic heterocycles. The number of phenols is 1. The molecule has 0 unspecified atom stereocenters. The molecule has 1 aromatic rings. The van der Waals surface area contributed by atoms with Crippen LogP contribution in [0.3, 0.4) is 0 Å².